The van der Waals surface area contributed by atoms with Gasteiger partial charge in [-0.05, 0) is 92.9 Å². The second kappa shape index (κ2) is 9.90. The molecule has 6 nitrogen and oxygen atoms in total. The van der Waals surface area contributed by atoms with Crippen LogP contribution < -0.4 is 0 Å². The summed E-state index contributed by atoms with van der Waals surface area (Å²) < 4.78 is 26.1. The third kappa shape index (κ3) is 4.51. The summed E-state index contributed by atoms with van der Waals surface area (Å²) >= 11 is 0. The Labute approximate surface area is 223 Å². The van der Waals surface area contributed by atoms with Gasteiger partial charge in [0.1, 0.15) is 5.82 Å². The number of rotatable bonds is 6. The molecule has 4 saturated carbocycles. The highest BCUT2D eigenvalue weighted by Crippen LogP contribution is 2.60. The van der Waals surface area contributed by atoms with E-state index >= 15 is 0 Å². The van der Waals surface area contributed by atoms with Crippen molar-refractivity contribution < 1.29 is 28.9 Å². The van der Waals surface area contributed by atoms with Gasteiger partial charge >= 0.3 is 5.97 Å². The molecule has 4 aliphatic carbocycles. The first-order valence-electron chi connectivity index (χ1n) is 13.4. The summed E-state index contributed by atoms with van der Waals surface area (Å²) in [5.41, 5.74) is 3.52. The van der Waals surface area contributed by atoms with Crippen molar-refractivity contribution in [2.75, 3.05) is 0 Å². The van der Waals surface area contributed by atoms with Gasteiger partial charge in [-0.3, -0.25) is 9.55 Å². The first-order valence-corrected chi connectivity index (χ1v) is 14.8. The number of benzene rings is 1. The average molecular weight is 540 g/mol. The second-order valence-electron chi connectivity index (χ2n) is 12.0. The van der Waals surface area contributed by atoms with Gasteiger partial charge in [-0.25, -0.2) is 9.18 Å². The maximum Gasteiger partial charge on any atom is 0.334 e. The van der Waals surface area contributed by atoms with E-state index in [-0.39, 0.29) is 17.2 Å². The Balaban J connectivity index is 1.75. The van der Waals surface area contributed by atoms with Gasteiger partial charge in [0.25, 0.3) is 0 Å². The van der Waals surface area contributed by atoms with Gasteiger partial charge in [-0.1, -0.05) is 37.8 Å². The molecule has 8 heteroatoms. The van der Waals surface area contributed by atoms with Crippen molar-refractivity contribution in [2.24, 2.45) is 17.8 Å². The standard InChI is InChI=1S/C30H35FNO5P/c1-17(2)27-24(8-9-30(18(3)33,28(34)35)38(36)37)25(22-4-6-23(31)7-5-22)13-26(32-27)29-14-19-10-20(15-29)12-21(11-19)16-29/h4-7,13,17-21,33,38H,10-12,14-16H2,1-3H3,(H,34,35)(H,36,37). The smallest absolute Gasteiger partial charge is 0.334 e. The molecule has 1 aromatic heterocycles. The SMILES string of the molecule is CC(C)c1nc(C23CC4CC(CC(C4)C2)C3)cc(-c2ccc(F)cc2)c1C#CC(C(=O)O)(C(C)O)[PH](=O)O. The zero-order valence-corrected chi connectivity index (χ0v) is 23.0. The molecule has 0 radical (unpaired) electrons. The van der Waals surface area contributed by atoms with Gasteiger partial charge in [0, 0.05) is 16.7 Å². The molecule has 3 N–H and O–H groups in total. The number of carboxylic acid groups (broad SMARTS) is 1. The number of halogens is 1. The number of carbonyl (C=O) groups is 1. The van der Waals surface area contributed by atoms with Crippen LogP contribution in [0, 0.1) is 35.4 Å². The molecule has 3 atom stereocenters. The molecule has 1 heterocycles. The molecule has 3 unspecified atom stereocenters. The topological polar surface area (TPSA) is 108 Å². The van der Waals surface area contributed by atoms with Crippen LogP contribution in [0.4, 0.5) is 4.39 Å². The summed E-state index contributed by atoms with van der Waals surface area (Å²) in [6.07, 6.45) is 5.51. The van der Waals surface area contributed by atoms with E-state index in [0.717, 1.165) is 31.9 Å². The van der Waals surface area contributed by atoms with Crippen LogP contribution in [0.25, 0.3) is 11.1 Å². The monoisotopic (exact) mass is 539 g/mol. The molecule has 2 aromatic rings. The lowest BCUT2D eigenvalue weighted by molar-refractivity contribution is -0.141. The first kappa shape index (κ1) is 27.1. The lowest BCUT2D eigenvalue weighted by atomic mass is 9.48. The summed E-state index contributed by atoms with van der Waals surface area (Å²) in [4.78, 5) is 27.2. The fourth-order valence-electron chi connectivity index (χ4n) is 7.49. The lowest BCUT2D eigenvalue weighted by Gasteiger charge is -2.56. The van der Waals surface area contributed by atoms with Gasteiger partial charge in [-0.2, -0.15) is 0 Å². The molecule has 1 aromatic carbocycles. The van der Waals surface area contributed by atoms with Crippen LogP contribution in [0.15, 0.2) is 30.3 Å². The summed E-state index contributed by atoms with van der Waals surface area (Å²) in [5.74, 6) is 5.40. The number of hydrogen-bond donors (Lipinski definition) is 3. The van der Waals surface area contributed by atoms with Crippen LogP contribution >= 0.6 is 8.03 Å². The molecule has 4 bridgehead atoms. The zero-order chi connectivity index (χ0) is 27.4. The molecule has 38 heavy (non-hydrogen) atoms. The normalized spacial score (nSPS) is 28.9. The van der Waals surface area contributed by atoms with Crippen molar-refractivity contribution in [3.05, 3.63) is 53.1 Å². The van der Waals surface area contributed by atoms with Crippen LogP contribution in [0.5, 0.6) is 0 Å². The van der Waals surface area contributed by atoms with E-state index in [4.69, 9.17) is 4.98 Å². The molecule has 0 spiro atoms. The van der Waals surface area contributed by atoms with Crippen molar-refractivity contribution in [1.29, 1.82) is 0 Å². The summed E-state index contributed by atoms with van der Waals surface area (Å²) in [6.45, 7) is 5.12. The van der Waals surface area contributed by atoms with Gasteiger partial charge in [-0.15, -0.1) is 0 Å². The molecule has 0 aliphatic heterocycles. The highest BCUT2D eigenvalue weighted by molar-refractivity contribution is 7.42. The Morgan fingerprint density at radius 2 is 1.66 bits per heavy atom. The molecule has 6 rings (SSSR count). The summed E-state index contributed by atoms with van der Waals surface area (Å²) in [5, 5.41) is 17.5. The molecule has 4 aliphatic rings. The number of pyridine rings is 1. The minimum atomic E-state index is -3.80. The number of aliphatic carboxylic acids is 1. The fourth-order valence-corrected chi connectivity index (χ4v) is 8.20. The lowest BCUT2D eigenvalue weighted by Crippen LogP contribution is -2.49. The van der Waals surface area contributed by atoms with Crippen LogP contribution in [-0.2, 0) is 14.8 Å². The van der Waals surface area contributed by atoms with E-state index in [2.05, 4.69) is 11.8 Å². The number of carboxylic acids is 1. The number of hydrogen-bond acceptors (Lipinski definition) is 4. The third-order valence-corrected chi connectivity index (χ3v) is 10.4. The Morgan fingerprint density at radius 1 is 1.11 bits per heavy atom. The highest BCUT2D eigenvalue weighted by Gasteiger charge is 2.53. The quantitative estimate of drug-likeness (QED) is 0.331. The van der Waals surface area contributed by atoms with E-state index in [0.29, 0.717) is 40.1 Å². The maximum atomic E-state index is 13.9. The van der Waals surface area contributed by atoms with Crippen LogP contribution in [0.2, 0.25) is 0 Å². The molecule has 0 saturated heterocycles. The number of aliphatic hydroxyl groups is 1. The molecule has 0 amide bonds. The first-order chi connectivity index (χ1) is 17.9. The number of aromatic nitrogens is 1. The van der Waals surface area contributed by atoms with Crippen LogP contribution in [0.3, 0.4) is 0 Å². The Morgan fingerprint density at radius 3 is 2.11 bits per heavy atom. The second-order valence-corrected chi connectivity index (χ2v) is 13.4. The van der Waals surface area contributed by atoms with Crippen molar-refractivity contribution in [1.82, 2.24) is 4.98 Å². The summed E-state index contributed by atoms with van der Waals surface area (Å²) in [6, 6.07) is 8.10. The number of nitrogens with zero attached hydrogens (tertiary/aromatic N) is 1. The van der Waals surface area contributed by atoms with Gasteiger partial charge in [0.2, 0.25) is 13.2 Å². The molecular weight excluding hydrogens is 504 g/mol. The van der Waals surface area contributed by atoms with E-state index in [9.17, 15) is 28.9 Å². The van der Waals surface area contributed by atoms with Crippen LogP contribution in [-0.4, -0.2) is 37.3 Å². The van der Waals surface area contributed by atoms with Crippen LogP contribution in [0.1, 0.15) is 82.2 Å². The minimum absolute atomic E-state index is 0.0140. The predicted molar refractivity (Wildman–Crippen MR) is 144 cm³/mol. The molecule has 202 valence electrons. The molecule has 4 fully saturated rings. The van der Waals surface area contributed by atoms with Crippen molar-refractivity contribution in [3.63, 3.8) is 0 Å². The van der Waals surface area contributed by atoms with Gasteiger partial charge in [0.05, 0.1) is 17.4 Å². The Hall–Kier alpha value is -2.52. The maximum absolute atomic E-state index is 13.9. The van der Waals surface area contributed by atoms with Crippen molar-refractivity contribution in [3.8, 4) is 23.0 Å². The van der Waals surface area contributed by atoms with E-state index < -0.39 is 25.3 Å². The minimum Gasteiger partial charge on any atom is -0.480 e. The van der Waals surface area contributed by atoms with Crippen molar-refractivity contribution in [2.45, 2.75) is 81.9 Å². The fraction of sp³-hybridized carbons (Fsp3) is 0.533. The van der Waals surface area contributed by atoms with E-state index in [1.807, 2.05) is 19.9 Å². The average Bonchev–Trinajstić information content (AvgIpc) is 2.83. The predicted octanol–water partition coefficient (Wildman–Crippen LogP) is 5.50. The van der Waals surface area contributed by atoms with E-state index in [1.54, 1.807) is 12.1 Å². The Kier molecular flexibility index (Phi) is 7.05. The third-order valence-electron chi connectivity index (χ3n) is 9.02. The Bertz CT molecular complexity index is 1290. The molecular formula is C30H35FNO5P. The van der Waals surface area contributed by atoms with E-state index in [1.165, 1.54) is 31.4 Å². The highest BCUT2D eigenvalue weighted by atomic mass is 31.1. The zero-order valence-electron chi connectivity index (χ0n) is 22.0. The van der Waals surface area contributed by atoms with Crippen molar-refractivity contribution >= 4 is 14.0 Å². The largest absolute Gasteiger partial charge is 0.480 e. The van der Waals surface area contributed by atoms with Gasteiger partial charge in [0.15, 0.2) is 0 Å². The summed E-state index contributed by atoms with van der Waals surface area (Å²) in [7, 11) is -3.80. The number of aliphatic hydroxyl groups excluding tert-OH is 1. The van der Waals surface area contributed by atoms with Gasteiger partial charge < -0.3 is 15.1 Å².